The summed E-state index contributed by atoms with van der Waals surface area (Å²) in [5, 5.41) is 0. The molecule has 0 spiro atoms. The zero-order valence-corrected chi connectivity index (χ0v) is 11.2. The van der Waals surface area contributed by atoms with Crippen molar-refractivity contribution in [3.05, 3.63) is 17.7 Å². The van der Waals surface area contributed by atoms with Gasteiger partial charge in [-0.05, 0) is 20.3 Å². The minimum Gasteiger partial charge on any atom is -0.381 e. The molecule has 1 aromatic heterocycles. The Kier molecular flexibility index (Phi) is 5.31. The van der Waals surface area contributed by atoms with Gasteiger partial charge < -0.3 is 10.6 Å². The van der Waals surface area contributed by atoms with Crippen LogP contribution in [-0.4, -0.2) is 17.6 Å². The molecule has 0 aliphatic carbocycles. The Morgan fingerprint density at radius 1 is 1.28 bits per heavy atom. The van der Waals surface area contributed by atoms with Crippen LogP contribution in [0.25, 0.3) is 0 Å². The number of anilines is 2. The number of nitrogens with two attached hydrogens (primary N) is 1. The molecule has 0 unspecified atom stereocenters. The Hall–Kier alpha value is -1.39. The Bertz CT molecular complexity index is 394. The van der Waals surface area contributed by atoms with Gasteiger partial charge in [0.15, 0.2) is 23.3 Å². The second-order valence-electron chi connectivity index (χ2n) is 4.66. The first-order chi connectivity index (χ1) is 8.47. The molecule has 0 saturated carbocycles. The van der Waals surface area contributed by atoms with Crippen molar-refractivity contribution >= 4 is 11.6 Å². The van der Waals surface area contributed by atoms with Crippen LogP contribution < -0.4 is 10.6 Å². The predicted octanol–water partition coefficient (Wildman–Crippen LogP) is 3.35. The van der Waals surface area contributed by atoms with Gasteiger partial charge in [-0.1, -0.05) is 19.8 Å². The van der Waals surface area contributed by atoms with Gasteiger partial charge in [0.25, 0.3) is 0 Å². The predicted molar refractivity (Wildman–Crippen MR) is 70.6 cm³/mol. The molecule has 0 aromatic carbocycles. The molecule has 1 heterocycles. The van der Waals surface area contributed by atoms with Crippen molar-refractivity contribution in [2.75, 3.05) is 17.2 Å². The minimum absolute atomic E-state index is 0.0914. The maximum atomic E-state index is 13.8. The molecule has 0 amide bonds. The number of halogens is 2. The fraction of sp³-hybridized carbons (Fsp3) is 0.615. The average molecular weight is 257 g/mol. The molecule has 5 heteroatoms. The molecule has 0 radical (unpaired) electrons. The summed E-state index contributed by atoms with van der Waals surface area (Å²) in [6.07, 6.45) is 3.11. The van der Waals surface area contributed by atoms with Gasteiger partial charge in [-0.2, -0.15) is 0 Å². The standard InChI is InChI=1S/C13H21F2N3/c1-4-5-6-7-18(9(2)3)13-11(15)8-10(14)12(16)17-13/h8-9H,4-7H2,1-3H3,(H2,16,17). The first-order valence-corrected chi connectivity index (χ1v) is 6.35. The van der Waals surface area contributed by atoms with Gasteiger partial charge in [-0.15, -0.1) is 0 Å². The molecule has 1 rings (SSSR count). The number of aromatic nitrogens is 1. The number of hydrogen-bond donors (Lipinski definition) is 1. The Morgan fingerprint density at radius 3 is 2.50 bits per heavy atom. The summed E-state index contributed by atoms with van der Waals surface area (Å²) < 4.78 is 26.8. The van der Waals surface area contributed by atoms with Crippen LogP contribution in [-0.2, 0) is 0 Å². The van der Waals surface area contributed by atoms with E-state index in [2.05, 4.69) is 11.9 Å². The smallest absolute Gasteiger partial charge is 0.168 e. The van der Waals surface area contributed by atoms with E-state index in [4.69, 9.17) is 5.73 Å². The van der Waals surface area contributed by atoms with Crippen molar-refractivity contribution in [3.63, 3.8) is 0 Å². The Labute approximate surface area is 107 Å². The van der Waals surface area contributed by atoms with E-state index in [0.717, 1.165) is 25.3 Å². The van der Waals surface area contributed by atoms with Crippen LogP contribution in [0.15, 0.2) is 6.07 Å². The first kappa shape index (κ1) is 14.7. The number of nitrogen functional groups attached to an aromatic ring is 1. The highest BCUT2D eigenvalue weighted by molar-refractivity contribution is 5.47. The second-order valence-corrected chi connectivity index (χ2v) is 4.66. The highest BCUT2D eigenvalue weighted by Gasteiger charge is 2.18. The molecule has 1 aromatic rings. The molecule has 0 aliphatic heterocycles. The molecule has 0 aliphatic rings. The molecule has 0 saturated heterocycles. The SMILES string of the molecule is CCCCCN(c1nc(N)c(F)cc1F)C(C)C. The minimum atomic E-state index is -0.812. The van der Waals surface area contributed by atoms with E-state index in [-0.39, 0.29) is 17.7 Å². The van der Waals surface area contributed by atoms with Crippen molar-refractivity contribution < 1.29 is 8.78 Å². The van der Waals surface area contributed by atoms with E-state index < -0.39 is 11.6 Å². The van der Waals surface area contributed by atoms with Crippen LogP contribution >= 0.6 is 0 Å². The summed E-state index contributed by atoms with van der Waals surface area (Å²) in [6.45, 7) is 6.70. The molecular weight excluding hydrogens is 236 g/mol. The maximum absolute atomic E-state index is 13.8. The molecule has 102 valence electrons. The molecular formula is C13H21F2N3. The van der Waals surface area contributed by atoms with Crippen LogP contribution in [0.3, 0.4) is 0 Å². The number of nitrogens with zero attached hydrogens (tertiary/aromatic N) is 2. The van der Waals surface area contributed by atoms with E-state index in [1.54, 1.807) is 0 Å². The highest BCUT2D eigenvalue weighted by atomic mass is 19.1. The van der Waals surface area contributed by atoms with Crippen LogP contribution in [0.1, 0.15) is 40.0 Å². The number of hydrogen-bond acceptors (Lipinski definition) is 3. The third-order valence-corrected chi connectivity index (χ3v) is 2.84. The number of rotatable bonds is 6. The topological polar surface area (TPSA) is 42.2 Å². The summed E-state index contributed by atoms with van der Waals surface area (Å²) in [5.74, 6) is -1.59. The van der Waals surface area contributed by atoms with Gasteiger partial charge in [0, 0.05) is 18.7 Å². The lowest BCUT2D eigenvalue weighted by Gasteiger charge is -2.28. The van der Waals surface area contributed by atoms with E-state index in [1.807, 2.05) is 18.7 Å². The first-order valence-electron chi connectivity index (χ1n) is 6.35. The van der Waals surface area contributed by atoms with Crippen LogP contribution in [0.5, 0.6) is 0 Å². The molecule has 3 nitrogen and oxygen atoms in total. The van der Waals surface area contributed by atoms with Gasteiger partial charge in [0.2, 0.25) is 0 Å². The van der Waals surface area contributed by atoms with Crippen LogP contribution in [0.2, 0.25) is 0 Å². The van der Waals surface area contributed by atoms with Gasteiger partial charge in [0.05, 0.1) is 0 Å². The lowest BCUT2D eigenvalue weighted by molar-refractivity contribution is 0.553. The monoisotopic (exact) mass is 257 g/mol. The van der Waals surface area contributed by atoms with E-state index in [1.165, 1.54) is 0 Å². The van der Waals surface area contributed by atoms with Crippen molar-refractivity contribution in [3.8, 4) is 0 Å². The Balaban J connectivity index is 2.95. The summed E-state index contributed by atoms with van der Waals surface area (Å²) in [7, 11) is 0. The van der Waals surface area contributed by atoms with Crippen LogP contribution in [0.4, 0.5) is 20.4 Å². The number of unbranched alkanes of at least 4 members (excludes halogenated alkanes) is 2. The van der Waals surface area contributed by atoms with Crippen molar-refractivity contribution in [2.24, 2.45) is 0 Å². The van der Waals surface area contributed by atoms with Gasteiger partial charge >= 0.3 is 0 Å². The lowest BCUT2D eigenvalue weighted by Crippen LogP contribution is -2.33. The fourth-order valence-electron chi connectivity index (χ4n) is 1.81. The third-order valence-electron chi connectivity index (χ3n) is 2.84. The fourth-order valence-corrected chi connectivity index (χ4v) is 1.81. The molecule has 18 heavy (non-hydrogen) atoms. The average Bonchev–Trinajstić information content (AvgIpc) is 2.30. The largest absolute Gasteiger partial charge is 0.381 e. The Morgan fingerprint density at radius 2 is 1.94 bits per heavy atom. The van der Waals surface area contributed by atoms with Crippen LogP contribution in [0, 0.1) is 11.6 Å². The van der Waals surface area contributed by atoms with Gasteiger partial charge in [-0.3, -0.25) is 0 Å². The molecule has 0 fully saturated rings. The molecule has 0 bridgehead atoms. The third kappa shape index (κ3) is 3.55. The van der Waals surface area contributed by atoms with Crippen molar-refractivity contribution in [2.45, 2.75) is 46.1 Å². The highest BCUT2D eigenvalue weighted by Crippen LogP contribution is 2.23. The lowest BCUT2D eigenvalue weighted by atomic mass is 10.2. The van der Waals surface area contributed by atoms with Gasteiger partial charge in [-0.25, -0.2) is 13.8 Å². The summed E-state index contributed by atoms with van der Waals surface area (Å²) in [5.41, 5.74) is 5.40. The van der Waals surface area contributed by atoms with E-state index in [0.29, 0.717) is 6.54 Å². The van der Waals surface area contributed by atoms with E-state index >= 15 is 0 Å². The quantitative estimate of drug-likeness (QED) is 0.795. The summed E-state index contributed by atoms with van der Waals surface area (Å²) >= 11 is 0. The normalized spacial score (nSPS) is 11.0. The maximum Gasteiger partial charge on any atom is 0.168 e. The summed E-state index contributed by atoms with van der Waals surface area (Å²) in [6, 6.07) is 0.890. The van der Waals surface area contributed by atoms with E-state index in [9.17, 15) is 8.78 Å². The number of pyridine rings is 1. The molecule has 0 atom stereocenters. The second kappa shape index (κ2) is 6.52. The zero-order chi connectivity index (χ0) is 13.7. The summed E-state index contributed by atoms with van der Waals surface area (Å²) in [4.78, 5) is 5.65. The van der Waals surface area contributed by atoms with Gasteiger partial charge in [0.1, 0.15) is 0 Å². The zero-order valence-electron chi connectivity index (χ0n) is 11.2. The van der Waals surface area contributed by atoms with Crippen molar-refractivity contribution in [1.82, 2.24) is 4.98 Å². The van der Waals surface area contributed by atoms with Crippen molar-refractivity contribution in [1.29, 1.82) is 0 Å². The molecule has 2 N–H and O–H groups in total.